The van der Waals surface area contributed by atoms with Gasteiger partial charge in [-0.05, 0) is 38.0 Å². The number of nitrogens with zero attached hydrogens (tertiary/aromatic N) is 1. The third-order valence-electron chi connectivity index (χ3n) is 3.00. The number of aliphatic hydroxyl groups excluding tert-OH is 1. The molecule has 0 fully saturated rings. The van der Waals surface area contributed by atoms with Gasteiger partial charge in [-0.15, -0.1) is 0 Å². The summed E-state index contributed by atoms with van der Waals surface area (Å²) in [5.41, 5.74) is 0.642. The minimum Gasteiger partial charge on any atom is -0.388 e. The van der Waals surface area contributed by atoms with E-state index in [0.717, 1.165) is 0 Å². The van der Waals surface area contributed by atoms with Gasteiger partial charge in [0.2, 0.25) is 5.91 Å². The second-order valence-electron chi connectivity index (χ2n) is 4.17. The van der Waals surface area contributed by atoms with Crippen LogP contribution in [0.25, 0.3) is 0 Å². The van der Waals surface area contributed by atoms with Crippen LogP contribution in [0.5, 0.6) is 0 Å². The normalized spacial score (nSPS) is 12.2. The van der Waals surface area contributed by atoms with Crippen LogP contribution >= 0.6 is 0 Å². The van der Waals surface area contributed by atoms with E-state index in [1.165, 1.54) is 12.1 Å². The van der Waals surface area contributed by atoms with Crippen molar-refractivity contribution < 1.29 is 14.3 Å². The highest BCUT2D eigenvalue weighted by Crippen LogP contribution is 2.19. The van der Waals surface area contributed by atoms with Crippen molar-refractivity contribution in [2.24, 2.45) is 0 Å². The van der Waals surface area contributed by atoms with Crippen LogP contribution in [-0.4, -0.2) is 29.0 Å². The number of rotatable bonds is 6. The number of carbonyl (C=O) groups is 1. The average Bonchev–Trinajstić information content (AvgIpc) is 2.38. The third kappa shape index (κ3) is 4.11. The second-order valence-corrected chi connectivity index (χ2v) is 4.17. The molecule has 0 aliphatic heterocycles. The van der Waals surface area contributed by atoms with Crippen molar-refractivity contribution >= 4 is 5.91 Å². The molecular formula is C14H20FNO2. The zero-order valence-corrected chi connectivity index (χ0v) is 10.9. The number of hydrogen-bond donors (Lipinski definition) is 1. The van der Waals surface area contributed by atoms with Gasteiger partial charge in [0.25, 0.3) is 0 Å². The van der Waals surface area contributed by atoms with E-state index < -0.39 is 6.10 Å². The SMILES string of the molecule is CCN(CC)C(=O)CCC(O)c1ccc(F)cc1. The van der Waals surface area contributed by atoms with Crippen molar-refractivity contribution in [3.8, 4) is 0 Å². The average molecular weight is 253 g/mol. The van der Waals surface area contributed by atoms with E-state index in [1.54, 1.807) is 17.0 Å². The Morgan fingerprint density at radius 1 is 1.28 bits per heavy atom. The highest BCUT2D eigenvalue weighted by atomic mass is 19.1. The van der Waals surface area contributed by atoms with E-state index in [-0.39, 0.29) is 11.7 Å². The first kappa shape index (κ1) is 14.6. The highest BCUT2D eigenvalue weighted by Gasteiger charge is 2.13. The fraction of sp³-hybridized carbons (Fsp3) is 0.500. The first-order valence-corrected chi connectivity index (χ1v) is 6.29. The van der Waals surface area contributed by atoms with E-state index in [9.17, 15) is 14.3 Å². The first-order valence-electron chi connectivity index (χ1n) is 6.29. The molecule has 1 aromatic rings. The van der Waals surface area contributed by atoms with E-state index in [2.05, 4.69) is 0 Å². The fourth-order valence-electron chi connectivity index (χ4n) is 1.85. The molecular weight excluding hydrogens is 233 g/mol. The molecule has 1 atom stereocenters. The fourth-order valence-corrected chi connectivity index (χ4v) is 1.85. The maximum absolute atomic E-state index is 12.7. The summed E-state index contributed by atoms with van der Waals surface area (Å²) in [6.07, 6.45) is -0.0496. The Labute approximate surface area is 107 Å². The summed E-state index contributed by atoms with van der Waals surface area (Å²) in [5.74, 6) is -0.286. The Morgan fingerprint density at radius 2 is 1.83 bits per heavy atom. The molecule has 100 valence electrons. The monoisotopic (exact) mass is 253 g/mol. The highest BCUT2D eigenvalue weighted by molar-refractivity contribution is 5.76. The molecule has 0 saturated carbocycles. The summed E-state index contributed by atoms with van der Waals surface area (Å²) < 4.78 is 12.7. The third-order valence-corrected chi connectivity index (χ3v) is 3.00. The van der Waals surface area contributed by atoms with Gasteiger partial charge in [-0.2, -0.15) is 0 Å². The Balaban J connectivity index is 2.48. The van der Waals surface area contributed by atoms with Crippen molar-refractivity contribution in [3.63, 3.8) is 0 Å². The molecule has 1 amide bonds. The van der Waals surface area contributed by atoms with E-state index in [0.29, 0.717) is 31.5 Å². The number of aliphatic hydroxyl groups is 1. The summed E-state index contributed by atoms with van der Waals surface area (Å²) in [5, 5.41) is 9.89. The Morgan fingerprint density at radius 3 is 2.33 bits per heavy atom. The van der Waals surface area contributed by atoms with Gasteiger partial charge in [-0.25, -0.2) is 4.39 Å². The van der Waals surface area contributed by atoms with Crippen LogP contribution in [-0.2, 0) is 4.79 Å². The maximum atomic E-state index is 12.7. The molecule has 0 spiro atoms. The number of halogens is 1. The van der Waals surface area contributed by atoms with Gasteiger partial charge >= 0.3 is 0 Å². The number of benzene rings is 1. The van der Waals surface area contributed by atoms with Gasteiger partial charge in [-0.3, -0.25) is 4.79 Å². The van der Waals surface area contributed by atoms with Gasteiger partial charge in [-0.1, -0.05) is 12.1 Å². The van der Waals surface area contributed by atoms with Crippen LogP contribution in [0.1, 0.15) is 38.4 Å². The van der Waals surface area contributed by atoms with Gasteiger partial charge in [0.05, 0.1) is 6.10 Å². The van der Waals surface area contributed by atoms with Crippen LogP contribution in [0, 0.1) is 5.82 Å². The van der Waals surface area contributed by atoms with Crippen molar-refractivity contribution in [1.29, 1.82) is 0 Å². The maximum Gasteiger partial charge on any atom is 0.222 e. The van der Waals surface area contributed by atoms with Crippen molar-refractivity contribution in [3.05, 3.63) is 35.6 Å². The molecule has 0 aliphatic carbocycles. The number of amides is 1. The molecule has 4 heteroatoms. The standard InChI is InChI=1S/C14H20FNO2/c1-3-16(4-2)14(18)10-9-13(17)11-5-7-12(15)8-6-11/h5-8,13,17H,3-4,9-10H2,1-2H3. The topological polar surface area (TPSA) is 40.5 Å². The number of hydrogen-bond acceptors (Lipinski definition) is 2. The summed E-state index contributed by atoms with van der Waals surface area (Å²) >= 11 is 0. The number of carbonyl (C=O) groups excluding carboxylic acids is 1. The van der Waals surface area contributed by atoms with E-state index in [1.807, 2.05) is 13.8 Å². The van der Waals surface area contributed by atoms with Crippen LogP contribution in [0.3, 0.4) is 0 Å². The molecule has 0 bridgehead atoms. The molecule has 1 unspecified atom stereocenters. The molecule has 0 saturated heterocycles. The summed E-state index contributed by atoms with van der Waals surface area (Å²) in [6, 6.07) is 5.71. The lowest BCUT2D eigenvalue weighted by Gasteiger charge is -2.19. The predicted molar refractivity (Wildman–Crippen MR) is 68.5 cm³/mol. The van der Waals surface area contributed by atoms with Gasteiger partial charge in [0.1, 0.15) is 5.82 Å². The minimum atomic E-state index is -0.717. The molecule has 0 aliphatic rings. The minimum absolute atomic E-state index is 0.0427. The van der Waals surface area contributed by atoms with Crippen molar-refractivity contribution in [2.45, 2.75) is 32.8 Å². The Hall–Kier alpha value is -1.42. The van der Waals surface area contributed by atoms with Crippen LogP contribution in [0.4, 0.5) is 4.39 Å². The molecule has 1 rings (SSSR count). The molecule has 3 nitrogen and oxygen atoms in total. The van der Waals surface area contributed by atoms with E-state index in [4.69, 9.17) is 0 Å². The van der Waals surface area contributed by atoms with Crippen molar-refractivity contribution in [1.82, 2.24) is 4.90 Å². The largest absolute Gasteiger partial charge is 0.388 e. The predicted octanol–water partition coefficient (Wildman–Crippen LogP) is 2.51. The molecule has 0 aromatic heterocycles. The second kappa shape index (κ2) is 7.11. The molecule has 18 heavy (non-hydrogen) atoms. The quantitative estimate of drug-likeness (QED) is 0.846. The summed E-state index contributed by atoms with van der Waals surface area (Å²) in [4.78, 5) is 13.5. The first-order chi connectivity index (χ1) is 8.58. The summed E-state index contributed by atoms with van der Waals surface area (Å²) in [6.45, 7) is 5.22. The van der Waals surface area contributed by atoms with Gasteiger partial charge in [0.15, 0.2) is 0 Å². The lowest BCUT2D eigenvalue weighted by Crippen LogP contribution is -2.30. The smallest absolute Gasteiger partial charge is 0.222 e. The van der Waals surface area contributed by atoms with Gasteiger partial charge < -0.3 is 10.0 Å². The lowest BCUT2D eigenvalue weighted by atomic mass is 10.0. The zero-order chi connectivity index (χ0) is 13.5. The molecule has 1 N–H and O–H groups in total. The summed E-state index contributed by atoms with van der Waals surface area (Å²) in [7, 11) is 0. The Bertz CT molecular complexity index is 374. The van der Waals surface area contributed by atoms with Crippen LogP contribution < -0.4 is 0 Å². The van der Waals surface area contributed by atoms with Crippen LogP contribution in [0.15, 0.2) is 24.3 Å². The van der Waals surface area contributed by atoms with Gasteiger partial charge in [0, 0.05) is 19.5 Å². The van der Waals surface area contributed by atoms with E-state index >= 15 is 0 Å². The Kier molecular flexibility index (Phi) is 5.78. The zero-order valence-electron chi connectivity index (χ0n) is 10.9. The van der Waals surface area contributed by atoms with Crippen molar-refractivity contribution in [2.75, 3.05) is 13.1 Å². The van der Waals surface area contributed by atoms with Crippen LogP contribution in [0.2, 0.25) is 0 Å². The molecule has 0 radical (unpaired) electrons. The molecule has 0 heterocycles. The molecule has 1 aromatic carbocycles. The lowest BCUT2D eigenvalue weighted by molar-refractivity contribution is -0.131.